The van der Waals surface area contributed by atoms with E-state index >= 15 is 0 Å². The van der Waals surface area contributed by atoms with E-state index in [1.54, 1.807) is 33.5 Å². The van der Waals surface area contributed by atoms with Gasteiger partial charge in [0.05, 0.1) is 21.3 Å². The van der Waals surface area contributed by atoms with Crippen LogP contribution in [0.3, 0.4) is 0 Å². The SMILES string of the molecule is COc1cc(C(=O)NCCSC2CCCCC2)cc(OC)c1OC. The lowest BCUT2D eigenvalue weighted by Gasteiger charge is -2.20. The topological polar surface area (TPSA) is 56.8 Å². The highest BCUT2D eigenvalue weighted by Gasteiger charge is 2.17. The molecule has 2 rings (SSSR count). The summed E-state index contributed by atoms with van der Waals surface area (Å²) in [6, 6.07) is 3.34. The molecule has 0 unspecified atom stereocenters. The molecule has 0 saturated heterocycles. The highest BCUT2D eigenvalue weighted by molar-refractivity contribution is 7.99. The number of rotatable bonds is 8. The highest BCUT2D eigenvalue weighted by Crippen LogP contribution is 2.38. The second-order valence-corrected chi connectivity index (χ2v) is 7.21. The number of amides is 1. The Kier molecular flexibility index (Phi) is 7.56. The number of thioether (sulfide) groups is 1. The van der Waals surface area contributed by atoms with Crippen LogP contribution < -0.4 is 19.5 Å². The van der Waals surface area contributed by atoms with Gasteiger partial charge in [0.1, 0.15) is 0 Å². The summed E-state index contributed by atoms with van der Waals surface area (Å²) >= 11 is 1.97. The number of benzene rings is 1. The lowest BCUT2D eigenvalue weighted by molar-refractivity contribution is 0.0955. The first-order valence-corrected chi connectivity index (χ1v) is 9.44. The van der Waals surface area contributed by atoms with Gasteiger partial charge in [0.25, 0.3) is 5.91 Å². The van der Waals surface area contributed by atoms with Crippen molar-refractivity contribution in [2.24, 2.45) is 0 Å². The molecule has 0 radical (unpaired) electrons. The summed E-state index contributed by atoms with van der Waals surface area (Å²) in [4.78, 5) is 12.4. The minimum atomic E-state index is -0.126. The zero-order chi connectivity index (χ0) is 17.4. The maximum absolute atomic E-state index is 12.4. The first kappa shape index (κ1) is 18.8. The number of carbonyl (C=O) groups is 1. The molecular formula is C18H27NO4S. The van der Waals surface area contributed by atoms with Crippen LogP contribution in [-0.4, -0.2) is 44.8 Å². The number of hydrogen-bond donors (Lipinski definition) is 1. The van der Waals surface area contributed by atoms with E-state index in [1.165, 1.54) is 32.1 Å². The molecular weight excluding hydrogens is 326 g/mol. The molecule has 0 atom stereocenters. The summed E-state index contributed by atoms with van der Waals surface area (Å²) in [6.45, 7) is 0.663. The van der Waals surface area contributed by atoms with E-state index in [0.29, 0.717) is 29.4 Å². The van der Waals surface area contributed by atoms with Crippen molar-refractivity contribution in [3.8, 4) is 17.2 Å². The van der Waals surface area contributed by atoms with Gasteiger partial charge in [0, 0.05) is 23.1 Å². The Morgan fingerprint density at radius 1 is 1.08 bits per heavy atom. The van der Waals surface area contributed by atoms with Crippen LogP contribution in [0.2, 0.25) is 0 Å². The van der Waals surface area contributed by atoms with E-state index in [-0.39, 0.29) is 5.91 Å². The van der Waals surface area contributed by atoms with Crippen LogP contribution in [0.4, 0.5) is 0 Å². The highest BCUT2D eigenvalue weighted by atomic mass is 32.2. The van der Waals surface area contributed by atoms with Crippen molar-refractivity contribution in [1.29, 1.82) is 0 Å². The molecule has 5 nitrogen and oxygen atoms in total. The average molecular weight is 353 g/mol. The first-order valence-electron chi connectivity index (χ1n) is 8.39. The van der Waals surface area contributed by atoms with Gasteiger partial charge >= 0.3 is 0 Å². The van der Waals surface area contributed by atoms with Crippen molar-refractivity contribution in [2.45, 2.75) is 37.4 Å². The molecule has 0 aliphatic heterocycles. The number of methoxy groups -OCH3 is 3. The second kappa shape index (κ2) is 9.67. The molecule has 0 bridgehead atoms. The van der Waals surface area contributed by atoms with Crippen LogP contribution in [-0.2, 0) is 0 Å². The van der Waals surface area contributed by atoms with Crippen molar-refractivity contribution in [3.05, 3.63) is 17.7 Å². The molecule has 1 N–H and O–H groups in total. The Morgan fingerprint density at radius 3 is 2.25 bits per heavy atom. The summed E-state index contributed by atoms with van der Waals surface area (Å²) in [6.07, 6.45) is 6.68. The van der Waals surface area contributed by atoms with Crippen molar-refractivity contribution in [2.75, 3.05) is 33.6 Å². The van der Waals surface area contributed by atoms with Gasteiger partial charge in [0.15, 0.2) is 11.5 Å². The van der Waals surface area contributed by atoms with E-state index in [1.807, 2.05) is 11.8 Å². The summed E-state index contributed by atoms with van der Waals surface area (Å²) in [5, 5.41) is 3.73. The molecule has 6 heteroatoms. The molecule has 0 aromatic heterocycles. The predicted molar refractivity (Wildman–Crippen MR) is 97.8 cm³/mol. The van der Waals surface area contributed by atoms with E-state index in [0.717, 1.165) is 11.0 Å². The summed E-state index contributed by atoms with van der Waals surface area (Å²) in [5.41, 5.74) is 0.507. The maximum atomic E-state index is 12.4. The smallest absolute Gasteiger partial charge is 0.251 e. The summed E-state index contributed by atoms with van der Waals surface area (Å²) < 4.78 is 15.8. The first-order chi connectivity index (χ1) is 11.7. The zero-order valence-corrected chi connectivity index (χ0v) is 15.5. The van der Waals surface area contributed by atoms with Crippen LogP contribution in [0.25, 0.3) is 0 Å². The van der Waals surface area contributed by atoms with Crippen LogP contribution in [0.5, 0.6) is 17.2 Å². The molecule has 1 aliphatic rings. The number of nitrogens with one attached hydrogen (secondary N) is 1. The van der Waals surface area contributed by atoms with Crippen molar-refractivity contribution < 1.29 is 19.0 Å². The van der Waals surface area contributed by atoms with Crippen LogP contribution in [0.15, 0.2) is 12.1 Å². The third-order valence-electron chi connectivity index (χ3n) is 4.22. The van der Waals surface area contributed by atoms with Crippen molar-refractivity contribution >= 4 is 17.7 Å². The number of hydrogen-bond acceptors (Lipinski definition) is 5. The normalized spacial score (nSPS) is 15.0. The average Bonchev–Trinajstić information content (AvgIpc) is 2.64. The van der Waals surface area contributed by atoms with Crippen LogP contribution in [0, 0.1) is 0 Å². The molecule has 0 heterocycles. The summed E-state index contributed by atoms with van der Waals surface area (Å²) in [7, 11) is 4.63. The van der Waals surface area contributed by atoms with Gasteiger partial charge in [-0.1, -0.05) is 19.3 Å². The molecule has 24 heavy (non-hydrogen) atoms. The van der Waals surface area contributed by atoms with Gasteiger partial charge in [-0.2, -0.15) is 11.8 Å². The standard InChI is InChI=1S/C18H27NO4S/c1-21-15-11-13(12-16(22-2)17(15)23-3)18(20)19-9-10-24-14-7-5-4-6-8-14/h11-12,14H,4-10H2,1-3H3,(H,19,20). The van der Waals surface area contributed by atoms with E-state index in [4.69, 9.17) is 14.2 Å². The zero-order valence-electron chi connectivity index (χ0n) is 14.7. The fourth-order valence-electron chi connectivity index (χ4n) is 2.94. The van der Waals surface area contributed by atoms with Gasteiger partial charge in [-0.15, -0.1) is 0 Å². The largest absolute Gasteiger partial charge is 0.493 e. The van der Waals surface area contributed by atoms with Gasteiger partial charge in [0.2, 0.25) is 5.75 Å². The Balaban J connectivity index is 1.89. The Morgan fingerprint density at radius 2 is 1.71 bits per heavy atom. The van der Waals surface area contributed by atoms with Gasteiger partial charge < -0.3 is 19.5 Å². The molecule has 134 valence electrons. The van der Waals surface area contributed by atoms with Crippen LogP contribution >= 0.6 is 11.8 Å². The van der Waals surface area contributed by atoms with E-state index < -0.39 is 0 Å². The maximum Gasteiger partial charge on any atom is 0.251 e. The number of carbonyl (C=O) groups excluding carboxylic acids is 1. The van der Waals surface area contributed by atoms with Crippen molar-refractivity contribution in [3.63, 3.8) is 0 Å². The molecule has 1 saturated carbocycles. The lowest BCUT2D eigenvalue weighted by atomic mass is 10.0. The lowest BCUT2D eigenvalue weighted by Crippen LogP contribution is -2.26. The van der Waals surface area contributed by atoms with Crippen LogP contribution in [0.1, 0.15) is 42.5 Å². The fourth-order valence-corrected chi connectivity index (χ4v) is 4.16. The molecule has 1 aromatic rings. The summed E-state index contributed by atoms with van der Waals surface area (Å²) in [5.74, 6) is 2.28. The molecule has 1 aliphatic carbocycles. The van der Waals surface area contributed by atoms with Gasteiger partial charge in [-0.05, 0) is 25.0 Å². The third-order valence-corrected chi connectivity index (χ3v) is 5.60. The van der Waals surface area contributed by atoms with Crippen molar-refractivity contribution in [1.82, 2.24) is 5.32 Å². The Bertz CT molecular complexity index is 519. The van der Waals surface area contributed by atoms with E-state index in [2.05, 4.69) is 5.32 Å². The monoisotopic (exact) mass is 353 g/mol. The molecule has 1 amide bonds. The Labute approximate surface area is 148 Å². The Hall–Kier alpha value is -1.56. The molecule has 1 fully saturated rings. The molecule has 1 aromatic carbocycles. The molecule has 0 spiro atoms. The van der Waals surface area contributed by atoms with E-state index in [9.17, 15) is 4.79 Å². The fraction of sp³-hybridized carbons (Fsp3) is 0.611. The number of ether oxygens (including phenoxy) is 3. The minimum Gasteiger partial charge on any atom is -0.493 e. The van der Waals surface area contributed by atoms with Gasteiger partial charge in [-0.25, -0.2) is 0 Å². The minimum absolute atomic E-state index is 0.126. The second-order valence-electron chi connectivity index (χ2n) is 5.80. The van der Waals surface area contributed by atoms with Gasteiger partial charge in [-0.3, -0.25) is 4.79 Å². The quantitative estimate of drug-likeness (QED) is 0.725. The predicted octanol–water partition coefficient (Wildman–Crippen LogP) is 3.51. The third kappa shape index (κ3) is 4.97.